The van der Waals surface area contributed by atoms with E-state index in [1.807, 2.05) is 25.1 Å². The minimum atomic E-state index is -0.222. The lowest BCUT2D eigenvalue weighted by Crippen LogP contribution is -2.21. The molecule has 1 aromatic carbocycles. The molecule has 1 aliphatic rings. The summed E-state index contributed by atoms with van der Waals surface area (Å²) in [6, 6.07) is 5.63. The zero-order chi connectivity index (χ0) is 13.0. The van der Waals surface area contributed by atoms with Crippen LogP contribution in [0.2, 0.25) is 0 Å². The predicted octanol–water partition coefficient (Wildman–Crippen LogP) is 1.68. The van der Waals surface area contributed by atoms with E-state index in [9.17, 15) is 4.79 Å². The maximum absolute atomic E-state index is 11.3. The van der Waals surface area contributed by atoms with Gasteiger partial charge >= 0.3 is 5.97 Å². The van der Waals surface area contributed by atoms with Gasteiger partial charge in [-0.3, -0.25) is 4.79 Å². The van der Waals surface area contributed by atoms with Crippen LogP contribution in [0.15, 0.2) is 18.2 Å². The number of carbonyl (C=O) groups is 1. The molecule has 0 spiro atoms. The molecule has 2 rings (SSSR count). The van der Waals surface area contributed by atoms with Crippen LogP contribution in [0.5, 0.6) is 11.5 Å². The molecule has 0 aliphatic carbocycles. The lowest BCUT2D eigenvalue weighted by atomic mass is 10.2. The summed E-state index contributed by atoms with van der Waals surface area (Å²) in [6.45, 7) is 3.48. The number of methoxy groups -OCH3 is 1. The number of fused-ring (bicyclic) bond motifs is 1. The van der Waals surface area contributed by atoms with Crippen LogP contribution in [0.25, 0.3) is 0 Å². The molecule has 18 heavy (non-hydrogen) atoms. The molecule has 5 nitrogen and oxygen atoms in total. The van der Waals surface area contributed by atoms with Gasteiger partial charge in [0.05, 0.1) is 13.0 Å². The van der Waals surface area contributed by atoms with E-state index in [0.29, 0.717) is 19.8 Å². The third kappa shape index (κ3) is 2.85. The van der Waals surface area contributed by atoms with Crippen LogP contribution in [0, 0.1) is 5.92 Å². The number of nitrogens with one attached hydrogen (secondary N) is 1. The molecule has 1 aromatic rings. The van der Waals surface area contributed by atoms with Crippen LogP contribution in [-0.2, 0) is 9.53 Å². The van der Waals surface area contributed by atoms with Gasteiger partial charge in [-0.1, -0.05) is 6.92 Å². The van der Waals surface area contributed by atoms with Crippen molar-refractivity contribution in [1.29, 1.82) is 0 Å². The van der Waals surface area contributed by atoms with Crippen LogP contribution < -0.4 is 14.8 Å². The molecule has 5 heteroatoms. The molecular weight excluding hydrogens is 234 g/mol. The van der Waals surface area contributed by atoms with Crippen LogP contribution in [0.3, 0.4) is 0 Å². The second-order valence-electron chi connectivity index (χ2n) is 4.16. The van der Waals surface area contributed by atoms with Gasteiger partial charge in [0.25, 0.3) is 0 Å². The third-order valence-electron chi connectivity index (χ3n) is 2.76. The van der Waals surface area contributed by atoms with Crippen molar-refractivity contribution in [2.45, 2.75) is 6.92 Å². The number of carbonyl (C=O) groups excluding carboxylic acids is 1. The Bertz CT molecular complexity index is 433. The van der Waals surface area contributed by atoms with Gasteiger partial charge in [0.15, 0.2) is 11.5 Å². The average Bonchev–Trinajstić information content (AvgIpc) is 2.43. The molecule has 1 atom stereocenters. The van der Waals surface area contributed by atoms with Crippen molar-refractivity contribution in [3.05, 3.63) is 18.2 Å². The van der Waals surface area contributed by atoms with E-state index < -0.39 is 0 Å². The molecule has 0 amide bonds. The molecular formula is C13H17NO4. The zero-order valence-electron chi connectivity index (χ0n) is 10.6. The van der Waals surface area contributed by atoms with Crippen molar-refractivity contribution in [2.75, 3.05) is 32.2 Å². The summed E-state index contributed by atoms with van der Waals surface area (Å²) in [5.74, 6) is 1.08. The summed E-state index contributed by atoms with van der Waals surface area (Å²) in [6.07, 6.45) is 0. The molecule has 0 radical (unpaired) electrons. The molecule has 1 N–H and O–H groups in total. The van der Waals surface area contributed by atoms with Gasteiger partial charge in [-0.25, -0.2) is 0 Å². The zero-order valence-corrected chi connectivity index (χ0v) is 10.6. The minimum Gasteiger partial charge on any atom is -0.486 e. The Labute approximate surface area is 106 Å². The van der Waals surface area contributed by atoms with Crippen molar-refractivity contribution in [3.8, 4) is 11.5 Å². The Morgan fingerprint density at radius 1 is 1.39 bits per heavy atom. The highest BCUT2D eigenvalue weighted by Gasteiger charge is 2.14. The number of anilines is 1. The van der Waals surface area contributed by atoms with E-state index in [2.05, 4.69) is 10.1 Å². The first kappa shape index (κ1) is 12.5. The smallest absolute Gasteiger partial charge is 0.310 e. The minimum absolute atomic E-state index is 0.191. The van der Waals surface area contributed by atoms with Crippen LogP contribution in [0.1, 0.15) is 6.92 Å². The van der Waals surface area contributed by atoms with Gasteiger partial charge in [-0.05, 0) is 12.1 Å². The fourth-order valence-corrected chi connectivity index (χ4v) is 1.71. The summed E-state index contributed by atoms with van der Waals surface area (Å²) in [4.78, 5) is 11.3. The topological polar surface area (TPSA) is 56.8 Å². The molecule has 1 unspecified atom stereocenters. The van der Waals surface area contributed by atoms with Gasteiger partial charge in [0, 0.05) is 18.3 Å². The van der Waals surface area contributed by atoms with E-state index in [1.54, 1.807) is 0 Å². The molecule has 0 saturated heterocycles. The Morgan fingerprint density at radius 3 is 2.83 bits per heavy atom. The molecule has 0 aromatic heterocycles. The van der Waals surface area contributed by atoms with Crippen LogP contribution in [0.4, 0.5) is 5.69 Å². The summed E-state index contributed by atoms with van der Waals surface area (Å²) in [7, 11) is 1.39. The van der Waals surface area contributed by atoms with Crippen molar-refractivity contribution >= 4 is 11.7 Å². The monoisotopic (exact) mass is 251 g/mol. The fourth-order valence-electron chi connectivity index (χ4n) is 1.71. The second kappa shape index (κ2) is 5.62. The van der Waals surface area contributed by atoms with Crippen molar-refractivity contribution in [3.63, 3.8) is 0 Å². The van der Waals surface area contributed by atoms with Gasteiger partial charge < -0.3 is 19.5 Å². The molecule has 0 bridgehead atoms. The Hall–Kier alpha value is -1.91. The number of benzene rings is 1. The molecule has 1 heterocycles. The molecule has 98 valence electrons. The first-order chi connectivity index (χ1) is 8.70. The predicted molar refractivity (Wildman–Crippen MR) is 67.1 cm³/mol. The third-order valence-corrected chi connectivity index (χ3v) is 2.76. The fraction of sp³-hybridized carbons (Fsp3) is 0.462. The van der Waals surface area contributed by atoms with E-state index in [4.69, 9.17) is 9.47 Å². The van der Waals surface area contributed by atoms with E-state index in [1.165, 1.54) is 7.11 Å². The maximum atomic E-state index is 11.3. The Kier molecular flexibility index (Phi) is 3.92. The van der Waals surface area contributed by atoms with Gasteiger partial charge in [-0.15, -0.1) is 0 Å². The SMILES string of the molecule is COC(=O)C(C)CNc1ccc2c(c1)OCCO2. The lowest BCUT2D eigenvalue weighted by molar-refractivity contribution is -0.144. The number of hydrogen-bond acceptors (Lipinski definition) is 5. The van der Waals surface area contributed by atoms with Gasteiger partial charge in [-0.2, -0.15) is 0 Å². The van der Waals surface area contributed by atoms with Crippen LogP contribution in [-0.4, -0.2) is 32.8 Å². The molecule has 0 saturated carbocycles. The summed E-state index contributed by atoms with van der Waals surface area (Å²) >= 11 is 0. The number of hydrogen-bond donors (Lipinski definition) is 1. The average molecular weight is 251 g/mol. The highest BCUT2D eigenvalue weighted by Crippen LogP contribution is 2.32. The maximum Gasteiger partial charge on any atom is 0.310 e. The first-order valence-corrected chi connectivity index (χ1v) is 5.92. The molecule has 1 aliphatic heterocycles. The first-order valence-electron chi connectivity index (χ1n) is 5.92. The van der Waals surface area contributed by atoms with Crippen molar-refractivity contribution < 1.29 is 19.0 Å². The van der Waals surface area contributed by atoms with E-state index >= 15 is 0 Å². The van der Waals surface area contributed by atoms with Crippen LogP contribution >= 0.6 is 0 Å². The lowest BCUT2D eigenvalue weighted by Gasteiger charge is -2.19. The summed E-state index contributed by atoms with van der Waals surface area (Å²) in [5.41, 5.74) is 0.898. The van der Waals surface area contributed by atoms with Gasteiger partial charge in [0.2, 0.25) is 0 Å². The van der Waals surface area contributed by atoms with E-state index in [0.717, 1.165) is 17.2 Å². The Morgan fingerprint density at radius 2 is 2.11 bits per heavy atom. The largest absolute Gasteiger partial charge is 0.486 e. The van der Waals surface area contributed by atoms with E-state index in [-0.39, 0.29) is 11.9 Å². The summed E-state index contributed by atoms with van der Waals surface area (Å²) in [5, 5.41) is 3.17. The number of rotatable bonds is 4. The quantitative estimate of drug-likeness (QED) is 0.825. The van der Waals surface area contributed by atoms with Crippen molar-refractivity contribution in [1.82, 2.24) is 0 Å². The Balaban J connectivity index is 1.96. The summed E-state index contributed by atoms with van der Waals surface area (Å²) < 4.78 is 15.6. The highest BCUT2D eigenvalue weighted by atomic mass is 16.6. The van der Waals surface area contributed by atoms with Crippen molar-refractivity contribution in [2.24, 2.45) is 5.92 Å². The number of esters is 1. The second-order valence-corrected chi connectivity index (χ2v) is 4.16. The highest BCUT2D eigenvalue weighted by molar-refractivity contribution is 5.72. The standard InChI is InChI=1S/C13H17NO4/c1-9(13(15)16-2)8-14-10-3-4-11-12(7-10)18-6-5-17-11/h3-4,7,9,14H,5-6,8H2,1-2H3. The van der Waals surface area contributed by atoms with Gasteiger partial charge in [0.1, 0.15) is 13.2 Å². The normalized spacial score (nSPS) is 14.8. The molecule has 0 fully saturated rings. The number of ether oxygens (including phenoxy) is 3.